The second-order valence-electron chi connectivity index (χ2n) is 11.6. The number of hydrogen-bond acceptors (Lipinski definition) is 10. The van der Waals surface area contributed by atoms with Gasteiger partial charge in [-0.2, -0.15) is 9.97 Å². The minimum absolute atomic E-state index is 0.154. The molecular weight excluding hydrogens is 540 g/mol. The number of rotatable bonds is 9. The zero-order chi connectivity index (χ0) is 29.4. The van der Waals surface area contributed by atoms with E-state index in [-0.39, 0.29) is 16.4 Å². The second kappa shape index (κ2) is 11.3. The van der Waals surface area contributed by atoms with Gasteiger partial charge in [-0.15, -0.1) is 0 Å². The Morgan fingerprint density at radius 1 is 1.00 bits per heavy atom. The molecule has 0 atom stereocenters. The van der Waals surface area contributed by atoms with E-state index >= 15 is 0 Å². The summed E-state index contributed by atoms with van der Waals surface area (Å²) in [5.41, 5.74) is 2.89. The van der Waals surface area contributed by atoms with E-state index in [1.165, 1.54) is 0 Å². The van der Waals surface area contributed by atoms with E-state index in [0.717, 1.165) is 43.1 Å². The van der Waals surface area contributed by atoms with Crippen LogP contribution < -0.4 is 30.3 Å². The van der Waals surface area contributed by atoms with Crippen molar-refractivity contribution in [1.82, 2.24) is 19.6 Å². The lowest BCUT2D eigenvalue weighted by Gasteiger charge is -2.34. The van der Waals surface area contributed by atoms with E-state index in [4.69, 9.17) is 14.7 Å². The van der Waals surface area contributed by atoms with E-state index in [1.807, 2.05) is 6.07 Å². The number of fused-ring (bicyclic) bond motifs is 1. The number of nitrogens with zero attached hydrogens (tertiary/aromatic N) is 4. The van der Waals surface area contributed by atoms with Crippen LogP contribution in [0.5, 0.6) is 5.75 Å². The molecule has 3 aromatic rings. The van der Waals surface area contributed by atoms with Gasteiger partial charge in [0.25, 0.3) is 0 Å². The molecule has 3 heterocycles. The minimum Gasteiger partial charge on any atom is -0.495 e. The van der Waals surface area contributed by atoms with Crippen LogP contribution in [0.3, 0.4) is 0 Å². The van der Waals surface area contributed by atoms with Crippen LogP contribution in [0, 0.1) is 0 Å². The van der Waals surface area contributed by atoms with Gasteiger partial charge >= 0.3 is 0 Å². The summed E-state index contributed by atoms with van der Waals surface area (Å²) in [5.74, 6) is 2.27. The first-order chi connectivity index (χ1) is 19.5. The average molecular weight is 581 g/mol. The SMILES string of the molecule is COc1ccc(N2CCN(C)CC2)cc1Nc1nc2c(c(Nc3ccccc3S(=O)(=O)NC(C)C)n1)C(C)(C)CN2. The number of aromatic nitrogens is 2. The highest BCUT2D eigenvalue weighted by Gasteiger charge is 2.36. The number of para-hydroxylation sites is 1. The second-order valence-corrected chi connectivity index (χ2v) is 13.2. The number of likely N-dealkylation sites (N-methyl/N-ethyl adjacent to an activating group) is 1. The first-order valence-corrected chi connectivity index (χ1v) is 15.4. The standard InChI is InChI=1S/C29H40N8O3S/c1-19(2)35-41(38,39)24-10-8-7-9-21(24)31-27-25-26(30-18-29(25,3)4)33-28(34-27)32-22-17-20(11-12-23(22)40-6)37-15-13-36(5)14-16-37/h7-12,17,19,35H,13-16,18H2,1-6H3,(H3,30,31,32,33,34). The smallest absolute Gasteiger partial charge is 0.242 e. The van der Waals surface area contributed by atoms with E-state index in [1.54, 1.807) is 45.2 Å². The molecular formula is C29H40N8O3S. The Labute approximate surface area is 242 Å². The number of sulfonamides is 1. The minimum atomic E-state index is -3.75. The first kappa shape index (κ1) is 28.9. The molecule has 0 spiro atoms. The Morgan fingerprint density at radius 2 is 1.73 bits per heavy atom. The molecule has 41 heavy (non-hydrogen) atoms. The Kier molecular flexibility index (Phi) is 8.00. The molecule has 0 saturated carbocycles. The first-order valence-electron chi connectivity index (χ1n) is 13.9. The van der Waals surface area contributed by atoms with Gasteiger partial charge in [0, 0.05) is 55.4 Å². The highest BCUT2D eigenvalue weighted by molar-refractivity contribution is 7.89. The number of methoxy groups -OCH3 is 1. The van der Waals surface area contributed by atoms with Crippen LogP contribution in [0.4, 0.5) is 34.6 Å². The van der Waals surface area contributed by atoms with Gasteiger partial charge in [0.1, 0.15) is 22.3 Å². The maximum absolute atomic E-state index is 13.1. The monoisotopic (exact) mass is 580 g/mol. The lowest BCUT2D eigenvalue weighted by Crippen LogP contribution is -2.44. The van der Waals surface area contributed by atoms with Crippen molar-refractivity contribution in [3.63, 3.8) is 0 Å². The molecule has 1 fully saturated rings. The Bertz CT molecular complexity index is 1520. The highest BCUT2D eigenvalue weighted by atomic mass is 32.2. The Balaban J connectivity index is 1.52. The molecule has 1 aromatic heterocycles. The summed E-state index contributed by atoms with van der Waals surface area (Å²) in [4.78, 5) is 14.5. The predicted molar refractivity (Wildman–Crippen MR) is 165 cm³/mol. The summed E-state index contributed by atoms with van der Waals surface area (Å²) in [5, 5.41) is 10.1. The quantitative estimate of drug-likeness (QED) is 0.294. The van der Waals surface area contributed by atoms with Crippen LogP contribution in [0.15, 0.2) is 47.4 Å². The van der Waals surface area contributed by atoms with Crippen molar-refractivity contribution < 1.29 is 13.2 Å². The molecule has 1 saturated heterocycles. The Morgan fingerprint density at radius 3 is 2.44 bits per heavy atom. The molecule has 0 radical (unpaired) electrons. The molecule has 4 N–H and O–H groups in total. The molecule has 11 nitrogen and oxygen atoms in total. The molecule has 0 bridgehead atoms. The summed E-state index contributed by atoms with van der Waals surface area (Å²) in [7, 11) is 0.0250. The van der Waals surface area contributed by atoms with Crippen molar-refractivity contribution in [3.8, 4) is 5.75 Å². The third-order valence-corrected chi connectivity index (χ3v) is 9.12. The van der Waals surface area contributed by atoms with E-state index in [2.05, 4.69) is 63.5 Å². The molecule has 2 aliphatic rings. The fraction of sp³-hybridized carbons (Fsp3) is 0.448. The van der Waals surface area contributed by atoms with Crippen LogP contribution in [0.25, 0.3) is 0 Å². The van der Waals surface area contributed by atoms with Gasteiger partial charge in [-0.1, -0.05) is 26.0 Å². The molecule has 220 valence electrons. The van der Waals surface area contributed by atoms with Crippen LogP contribution in [0.1, 0.15) is 33.3 Å². The fourth-order valence-corrected chi connectivity index (χ4v) is 6.66. The van der Waals surface area contributed by atoms with E-state index < -0.39 is 10.0 Å². The van der Waals surface area contributed by atoms with Crippen molar-refractivity contribution in [2.75, 3.05) is 67.7 Å². The Hall–Kier alpha value is -3.61. The highest BCUT2D eigenvalue weighted by Crippen LogP contribution is 2.42. The van der Waals surface area contributed by atoms with Crippen LogP contribution in [-0.4, -0.2) is 76.2 Å². The van der Waals surface area contributed by atoms with Gasteiger partial charge in [0.05, 0.1) is 18.5 Å². The van der Waals surface area contributed by atoms with Gasteiger partial charge in [0.2, 0.25) is 16.0 Å². The maximum atomic E-state index is 13.1. The lowest BCUT2D eigenvalue weighted by molar-refractivity contribution is 0.313. The number of piperazine rings is 1. The third kappa shape index (κ3) is 6.19. The number of benzene rings is 2. The molecule has 0 amide bonds. The number of anilines is 6. The van der Waals surface area contributed by atoms with Crippen molar-refractivity contribution in [1.29, 1.82) is 0 Å². The van der Waals surface area contributed by atoms with Gasteiger partial charge in [-0.3, -0.25) is 0 Å². The normalized spacial score (nSPS) is 16.8. The summed E-state index contributed by atoms with van der Waals surface area (Å²) in [6.07, 6.45) is 0. The average Bonchev–Trinajstić information content (AvgIpc) is 3.23. The zero-order valence-corrected chi connectivity index (χ0v) is 25.4. The summed E-state index contributed by atoms with van der Waals surface area (Å²) >= 11 is 0. The van der Waals surface area contributed by atoms with Gasteiger partial charge < -0.3 is 30.5 Å². The number of hydrogen-bond donors (Lipinski definition) is 4. The predicted octanol–water partition coefficient (Wildman–Crippen LogP) is 4.11. The molecule has 5 rings (SSSR count). The zero-order valence-electron chi connectivity index (χ0n) is 24.6. The summed E-state index contributed by atoms with van der Waals surface area (Å²) < 4.78 is 34.6. The fourth-order valence-electron chi connectivity index (χ4n) is 5.25. The van der Waals surface area contributed by atoms with Crippen molar-refractivity contribution >= 4 is 44.7 Å². The van der Waals surface area contributed by atoms with Crippen molar-refractivity contribution in [3.05, 3.63) is 48.0 Å². The molecule has 2 aliphatic heterocycles. The summed E-state index contributed by atoms with van der Waals surface area (Å²) in [6, 6.07) is 12.7. The van der Waals surface area contributed by atoms with Crippen molar-refractivity contribution in [2.45, 2.75) is 44.0 Å². The molecule has 2 aromatic carbocycles. The van der Waals surface area contributed by atoms with Crippen LogP contribution in [0.2, 0.25) is 0 Å². The molecule has 12 heteroatoms. The molecule has 0 unspecified atom stereocenters. The van der Waals surface area contributed by atoms with Crippen LogP contribution in [-0.2, 0) is 15.4 Å². The molecule has 0 aliphatic carbocycles. The lowest BCUT2D eigenvalue weighted by atomic mass is 9.88. The third-order valence-electron chi connectivity index (χ3n) is 7.40. The van der Waals surface area contributed by atoms with E-state index in [0.29, 0.717) is 35.6 Å². The summed E-state index contributed by atoms with van der Waals surface area (Å²) in [6.45, 7) is 12.4. The van der Waals surface area contributed by atoms with Crippen molar-refractivity contribution in [2.24, 2.45) is 0 Å². The van der Waals surface area contributed by atoms with Crippen LogP contribution >= 0.6 is 0 Å². The maximum Gasteiger partial charge on any atom is 0.242 e. The van der Waals surface area contributed by atoms with Gasteiger partial charge in [-0.05, 0) is 51.2 Å². The number of nitrogens with one attached hydrogen (secondary N) is 4. The largest absolute Gasteiger partial charge is 0.495 e. The van der Waals surface area contributed by atoms with E-state index in [9.17, 15) is 8.42 Å². The van der Waals surface area contributed by atoms with Gasteiger partial charge in [0.15, 0.2) is 0 Å². The number of ether oxygens (including phenoxy) is 1. The topological polar surface area (TPSA) is 124 Å². The van der Waals surface area contributed by atoms with Gasteiger partial charge in [-0.25, -0.2) is 13.1 Å².